The zero-order valence-corrected chi connectivity index (χ0v) is 13.3. The van der Waals surface area contributed by atoms with Crippen molar-refractivity contribution in [1.29, 1.82) is 0 Å². The van der Waals surface area contributed by atoms with Gasteiger partial charge in [0.2, 0.25) is 0 Å². The Hall–Kier alpha value is -1.32. The molecule has 0 heterocycles. The summed E-state index contributed by atoms with van der Waals surface area (Å²) in [6.45, 7) is 6.51. The summed E-state index contributed by atoms with van der Waals surface area (Å²) in [5.41, 5.74) is -0.189. The Bertz CT molecular complexity index is 569. The summed E-state index contributed by atoms with van der Waals surface area (Å²) >= 11 is 11.8. The smallest absolute Gasteiger partial charge is 0.342 e. The van der Waals surface area contributed by atoms with Crippen LogP contribution in [0.5, 0.6) is 0 Å². The first-order chi connectivity index (χ1) is 9.10. The fraction of sp³-hybridized carbons (Fsp3) is 0.333. The highest BCUT2D eigenvalue weighted by Crippen LogP contribution is 2.24. The molecule has 0 N–H and O–H groups in total. The lowest BCUT2D eigenvalue weighted by Crippen LogP contribution is -2.26. The molecule has 0 radical (unpaired) electrons. The van der Waals surface area contributed by atoms with Crippen LogP contribution in [-0.2, 0) is 14.3 Å². The first kappa shape index (κ1) is 16.7. The van der Waals surface area contributed by atoms with Crippen molar-refractivity contribution in [3.05, 3.63) is 39.4 Å². The number of esters is 1. The van der Waals surface area contributed by atoms with Crippen molar-refractivity contribution < 1.29 is 14.3 Å². The average Bonchev–Trinajstić information content (AvgIpc) is 2.24. The van der Waals surface area contributed by atoms with Crippen LogP contribution in [0.1, 0.15) is 33.3 Å². The predicted octanol–water partition coefficient (Wildman–Crippen LogP) is 4.31. The van der Waals surface area contributed by atoms with E-state index in [4.69, 9.17) is 27.9 Å². The lowest BCUT2D eigenvalue weighted by molar-refractivity contribution is -0.150. The van der Waals surface area contributed by atoms with E-state index in [0.717, 1.165) is 0 Å². The zero-order valence-electron chi connectivity index (χ0n) is 11.8. The first-order valence-electron chi connectivity index (χ1n) is 6.01. The van der Waals surface area contributed by atoms with E-state index in [0.29, 0.717) is 15.6 Å². The van der Waals surface area contributed by atoms with E-state index in [-0.39, 0.29) is 11.4 Å². The number of carbonyl (C=O) groups is 2. The summed E-state index contributed by atoms with van der Waals surface area (Å²) < 4.78 is 5.20. The number of halogens is 2. The van der Waals surface area contributed by atoms with Crippen molar-refractivity contribution in [2.45, 2.75) is 33.3 Å². The van der Waals surface area contributed by atoms with Crippen LogP contribution >= 0.6 is 23.2 Å². The van der Waals surface area contributed by atoms with E-state index >= 15 is 0 Å². The number of benzene rings is 1. The summed E-state index contributed by atoms with van der Waals surface area (Å²) in [7, 11) is 0. The molecule has 0 aliphatic rings. The number of ether oxygens (including phenoxy) is 1. The molecule has 1 aromatic rings. The number of rotatable bonds is 3. The van der Waals surface area contributed by atoms with Crippen LogP contribution in [0.2, 0.25) is 10.0 Å². The van der Waals surface area contributed by atoms with Crippen LogP contribution in [0.4, 0.5) is 0 Å². The highest BCUT2D eigenvalue weighted by atomic mass is 35.5. The summed E-state index contributed by atoms with van der Waals surface area (Å²) in [4.78, 5) is 23.6. The molecule has 0 unspecified atom stereocenters. The minimum atomic E-state index is -0.671. The molecule has 0 aliphatic heterocycles. The van der Waals surface area contributed by atoms with E-state index in [2.05, 4.69) is 0 Å². The molecular weight excluding hydrogens is 299 g/mol. The van der Waals surface area contributed by atoms with Crippen LogP contribution in [0, 0.1) is 0 Å². The molecule has 1 aromatic carbocycles. The van der Waals surface area contributed by atoms with Gasteiger partial charge >= 0.3 is 5.97 Å². The van der Waals surface area contributed by atoms with Crippen molar-refractivity contribution in [2.24, 2.45) is 0 Å². The monoisotopic (exact) mass is 314 g/mol. The van der Waals surface area contributed by atoms with Gasteiger partial charge in [-0.15, -0.1) is 0 Å². The van der Waals surface area contributed by atoms with E-state index in [1.165, 1.54) is 13.0 Å². The van der Waals surface area contributed by atoms with E-state index in [1.54, 1.807) is 39.0 Å². The van der Waals surface area contributed by atoms with Crippen molar-refractivity contribution in [1.82, 2.24) is 0 Å². The number of hydrogen-bond acceptors (Lipinski definition) is 3. The van der Waals surface area contributed by atoms with Crippen LogP contribution in [0.15, 0.2) is 23.8 Å². The van der Waals surface area contributed by atoms with Gasteiger partial charge < -0.3 is 4.74 Å². The van der Waals surface area contributed by atoms with Crippen molar-refractivity contribution in [2.75, 3.05) is 0 Å². The molecule has 108 valence electrons. The van der Waals surface area contributed by atoms with Gasteiger partial charge in [-0.3, -0.25) is 4.79 Å². The van der Waals surface area contributed by atoms with Gasteiger partial charge in [-0.25, -0.2) is 4.79 Å². The van der Waals surface area contributed by atoms with Gasteiger partial charge in [-0.1, -0.05) is 29.3 Å². The molecule has 0 spiro atoms. The summed E-state index contributed by atoms with van der Waals surface area (Å²) in [5, 5.41) is 0.841. The number of carbonyl (C=O) groups excluding carboxylic acids is 2. The van der Waals surface area contributed by atoms with Gasteiger partial charge in [-0.05, 0) is 51.5 Å². The molecule has 3 nitrogen and oxygen atoms in total. The third kappa shape index (κ3) is 4.99. The maximum absolute atomic E-state index is 12.0. The molecule has 0 aliphatic carbocycles. The van der Waals surface area contributed by atoms with E-state index in [1.807, 2.05) is 0 Å². The summed E-state index contributed by atoms with van der Waals surface area (Å²) in [6.07, 6.45) is 1.41. The Kier molecular flexibility index (Phi) is 5.37. The van der Waals surface area contributed by atoms with E-state index in [9.17, 15) is 9.59 Å². The van der Waals surface area contributed by atoms with Gasteiger partial charge in [0.05, 0.1) is 0 Å². The van der Waals surface area contributed by atoms with Crippen LogP contribution in [0.25, 0.3) is 6.08 Å². The van der Waals surface area contributed by atoms with Gasteiger partial charge in [0.25, 0.3) is 0 Å². The molecule has 0 saturated heterocycles. The maximum atomic E-state index is 12.0. The SMILES string of the molecule is CC(=O)/C(=C/c1ccc(Cl)cc1Cl)C(=O)OC(C)(C)C. The molecule has 0 saturated carbocycles. The normalized spacial score (nSPS) is 12.2. The molecule has 0 bridgehead atoms. The predicted molar refractivity (Wildman–Crippen MR) is 81.0 cm³/mol. The second-order valence-electron chi connectivity index (χ2n) is 5.28. The lowest BCUT2D eigenvalue weighted by Gasteiger charge is -2.20. The van der Waals surface area contributed by atoms with Gasteiger partial charge in [0.15, 0.2) is 5.78 Å². The molecule has 0 fully saturated rings. The Morgan fingerprint density at radius 2 is 1.80 bits per heavy atom. The molecule has 0 aromatic heterocycles. The standard InChI is InChI=1S/C15H16Cl2O3/c1-9(18)12(14(19)20-15(2,3)4)7-10-5-6-11(16)8-13(10)17/h5-8H,1-4H3/b12-7-. The largest absolute Gasteiger partial charge is 0.456 e. The first-order valence-corrected chi connectivity index (χ1v) is 6.77. The van der Waals surface area contributed by atoms with Crippen LogP contribution in [-0.4, -0.2) is 17.4 Å². The zero-order chi connectivity index (χ0) is 15.5. The summed E-state index contributed by atoms with van der Waals surface area (Å²) in [6, 6.07) is 4.81. The van der Waals surface area contributed by atoms with Gasteiger partial charge in [0.1, 0.15) is 11.2 Å². The van der Waals surface area contributed by atoms with Gasteiger partial charge in [-0.2, -0.15) is 0 Å². The molecule has 0 amide bonds. The fourth-order valence-corrected chi connectivity index (χ4v) is 1.87. The molecule has 0 atom stereocenters. The van der Waals surface area contributed by atoms with E-state index < -0.39 is 11.6 Å². The minimum absolute atomic E-state index is 0.0517. The second-order valence-corrected chi connectivity index (χ2v) is 6.13. The average molecular weight is 315 g/mol. The van der Waals surface area contributed by atoms with Crippen molar-refractivity contribution >= 4 is 41.0 Å². The molecule has 1 rings (SSSR count). The highest BCUT2D eigenvalue weighted by Gasteiger charge is 2.22. The third-order valence-electron chi connectivity index (χ3n) is 2.26. The Balaban J connectivity index is 3.17. The molecule has 20 heavy (non-hydrogen) atoms. The van der Waals surface area contributed by atoms with Crippen LogP contribution in [0.3, 0.4) is 0 Å². The minimum Gasteiger partial charge on any atom is -0.456 e. The quantitative estimate of drug-likeness (QED) is 0.361. The third-order valence-corrected chi connectivity index (χ3v) is 2.82. The number of hydrogen-bond donors (Lipinski definition) is 0. The second kappa shape index (κ2) is 6.42. The highest BCUT2D eigenvalue weighted by molar-refractivity contribution is 6.35. The van der Waals surface area contributed by atoms with Crippen molar-refractivity contribution in [3.63, 3.8) is 0 Å². The Labute approximate surface area is 128 Å². The molecular formula is C15H16Cl2O3. The maximum Gasteiger partial charge on any atom is 0.342 e. The van der Waals surface area contributed by atoms with Crippen molar-refractivity contribution in [3.8, 4) is 0 Å². The Morgan fingerprint density at radius 1 is 1.20 bits per heavy atom. The number of Topliss-reactive ketones (excluding diaryl/α,β-unsaturated/α-hetero) is 1. The van der Waals surface area contributed by atoms with Crippen LogP contribution < -0.4 is 0 Å². The molecule has 5 heteroatoms. The Morgan fingerprint density at radius 3 is 2.25 bits per heavy atom. The number of ketones is 1. The summed E-state index contributed by atoms with van der Waals surface area (Å²) in [5.74, 6) is -1.05. The fourth-order valence-electron chi connectivity index (χ4n) is 1.41. The lowest BCUT2D eigenvalue weighted by atomic mass is 10.1. The topological polar surface area (TPSA) is 43.4 Å². The van der Waals surface area contributed by atoms with Gasteiger partial charge in [0, 0.05) is 10.0 Å².